The zero-order valence-electron chi connectivity index (χ0n) is 8.56. The van der Waals surface area contributed by atoms with E-state index >= 15 is 0 Å². The third-order valence-corrected chi connectivity index (χ3v) is 3.56. The molecule has 1 aromatic carbocycles. The molecule has 2 rings (SSSR count). The predicted molar refractivity (Wildman–Crippen MR) is 73.9 cm³/mol. The molecule has 1 aromatic heterocycles. The van der Waals surface area contributed by atoms with Gasteiger partial charge in [0, 0.05) is 10.6 Å². The summed E-state index contributed by atoms with van der Waals surface area (Å²) >= 11 is 5.63. The molecule has 6 heteroatoms. The van der Waals surface area contributed by atoms with Crippen LogP contribution in [-0.2, 0) is 7.05 Å². The number of hydrogen-bond donors (Lipinski definition) is 1. The maximum atomic E-state index is 6.20. The molecule has 1 atom stereocenters. The predicted octanol–water partition coefficient (Wildman–Crippen LogP) is 2.23. The molecule has 1 heterocycles. The van der Waals surface area contributed by atoms with Crippen LogP contribution in [0.4, 0.5) is 0 Å². The Labute approximate surface area is 115 Å². The Balaban J connectivity index is 2.43. The third-order valence-electron chi connectivity index (χ3n) is 2.33. The van der Waals surface area contributed by atoms with Crippen LogP contribution in [0.1, 0.15) is 17.3 Å². The van der Waals surface area contributed by atoms with Crippen molar-refractivity contribution in [3.63, 3.8) is 0 Å². The molecule has 0 saturated heterocycles. The summed E-state index contributed by atoms with van der Waals surface area (Å²) in [5.74, 6) is 0. The Bertz CT molecular complexity index is 492. The van der Waals surface area contributed by atoms with E-state index < -0.39 is 0 Å². The van der Waals surface area contributed by atoms with E-state index in [0.29, 0.717) is 4.60 Å². The highest BCUT2D eigenvalue weighted by Gasteiger charge is 2.17. The van der Waals surface area contributed by atoms with Crippen LogP contribution in [0.25, 0.3) is 0 Å². The third kappa shape index (κ3) is 2.28. The average molecular weight is 393 g/mol. The molecule has 2 N–H and O–H groups in total. The molecule has 0 saturated carbocycles. The molecule has 0 aliphatic carbocycles. The van der Waals surface area contributed by atoms with Crippen molar-refractivity contribution in [1.82, 2.24) is 15.0 Å². The fourth-order valence-corrected chi connectivity index (χ4v) is 2.67. The van der Waals surface area contributed by atoms with Gasteiger partial charge in [-0.2, -0.15) is 0 Å². The lowest BCUT2D eigenvalue weighted by Crippen LogP contribution is -2.16. The number of hydrogen-bond acceptors (Lipinski definition) is 3. The monoisotopic (exact) mass is 392 g/mol. The van der Waals surface area contributed by atoms with Crippen molar-refractivity contribution in [2.24, 2.45) is 12.8 Å². The largest absolute Gasteiger partial charge is 0.319 e. The van der Waals surface area contributed by atoms with Crippen LogP contribution in [0, 0.1) is 3.57 Å². The van der Waals surface area contributed by atoms with Gasteiger partial charge in [0.25, 0.3) is 0 Å². The second-order valence-electron chi connectivity index (χ2n) is 3.42. The van der Waals surface area contributed by atoms with Gasteiger partial charge in [-0.25, -0.2) is 4.68 Å². The fraction of sp³-hybridized carbons (Fsp3) is 0.200. The lowest BCUT2D eigenvalue weighted by Gasteiger charge is -2.12. The van der Waals surface area contributed by atoms with Gasteiger partial charge in [-0.3, -0.25) is 0 Å². The van der Waals surface area contributed by atoms with Gasteiger partial charge in [0.15, 0.2) is 4.60 Å². The molecule has 16 heavy (non-hydrogen) atoms. The summed E-state index contributed by atoms with van der Waals surface area (Å²) in [5.41, 5.74) is 8.13. The van der Waals surface area contributed by atoms with E-state index in [1.54, 1.807) is 4.68 Å². The first-order chi connectivity index (χ1) is 7.59. The van der Waals surface area contributed by atoms with E-state index in [2.05, 4.69) is 54.9 Å². The topological polar surface area (TPSA) is 56.7 Å². The highest BCUT2D eigenvalue weighted by atomic mass is 127. The van der Waals surface area contributed by atoms with Crippen LogP contribution in [0.15, 0.2) is 28.9 Å². The molecule has 4 nitrogen and oxygen atoms in total. The van der Waals surface area contributed by atoms with E-state index in [1.807, 2.05) is 25.2 Å². The van der Waals surface area contributed by atoms with Crippen LogP contribution in [0.3, 0.4) is 0 Å². The van der Waals surface area contributed by atoms with E-state index in [0.717, 1.165) is 14.8 Å². The minimum absolute atomic E-state index is 0.218. The van der Waals surface area contributed by atoms with Gasteiger partial charge in [-0.1, -0.05) is 17.3 Å². The summed E-state index contributed by atoms with van der Waals surface area (Å²) in [6.07, 6.45) is 0. The quantitative estimate of drug-likeness (QED) is 0.797. The van der Waals surface area contributed by atoms with Crippen molar-refractivity contribution >= 4 is 38.5 Å². The van der Waals surface area contributed by atoms with Crippen LogP contribution in [0.5, 0.6) is 0 Å². The fourth-order valence-electron chi connectivity index (χ4n) is 1.53. The molecule has 0 amide bonds. The Hall–Kier alpha value is -0.470. The molecular formula is C10H10BrIN4. The number of benzene rings is 1. The van der Waals surface area contributed by atoms with Crippen molar-refractivity contribution in [2.45, 2.75) is 6.04 Å². The zero-order valence-corrected chi connectivity index (χ0v) is 12.3. The molecule has 0 aliphatic heterocycles. The Morgan fingerprint density at radius 2 is 2.25 bits per heavy atom. The Kier molecular flexibility index (Phi) is 3.60. The smallest absolute Gasteiger partial charge is 0.153 e. The van der Waals surface area contributed by atoms with Gasteiger partial charge in [-0.15, -0.1) is 5.10 Å². The number of aryl methyl sites for hydroxylation is 1. The summed E-state index contributed by atoms with van der Waals surface area (Å²) < 4.78 is 3.55. The van der Waals surface area contributed by atoms with Gasteiger partial charge < -0.3 is 5.73 Å². The average Bonchev–Trinajstić information content (AvgIpc) is 2.58. The van der Waals surface area contributed by atoms with Crippen LogP contribution >= 0.6 is 38.5 Å². The van der Waals surface area contributed by atoms with Gasteiger partial charge in [-0.05, 0) is 56.2 Å². The first-order valence-corrected chi connectivity index (χ1v) is 6.53. The van der Waals surface area contributed by atoms with E-state index in [1.165, 1.54) is 0 Å². The van der Waals surface area contributed by atoms with Crippen molar-refractivity contribution in [2.75, 3.05) is 0 Å². The summed E-state index contributed by atoms with van der Waals surface area (Å²) in [4.78, 5) is 0. The minimum Gasteiger partial charge on any atom is -0.319 e. The maximum absolute atomic E-state index is 6.20. The molecule has 0 radical (unpaired) electrons. The number of nitrogens with two attached hydrogens (primary N) is 1. The van der Waals surface area contributed by atoms with Crippen molar-refractivity contribution < 1.29 is 0 Å². The standard InChI is InChI=1S/C10H10BrIN4/c1-16-9(10(11)14-15-16)8(13)6-3-2-4-7(12)5-6/h2-5,8H,13H2,1H3. The summed E-state index contributed by atoms with van der Waals surface area (Å²) in [7, 11) is 1.83. The van der Waals surface area contributed by atoms with E-state index in [-0.39, 0.29) is 6.04 Å². The number of aromatic nitrogens is 3. The van der Waals surface area contributed by atoms with Crippen LogP contribution in [0.2, 0.25) is 0 Å². The van der Waals surface area contributed by atoms with E-state index in [4.69, 9.17) is 5.73 Å². The molecule has 0 spiro atoms. The normalized spacial score (nSPS) is 12.8. The lowest BCUT2D eigenvalue weighted by atomic mass is 10.1. The lowest BCUT2D eigenvalue weighted by molar-refractivity contribution is 0.650. The summed E-state index contributed by atoms with van der Waals surface area (Å²) in [6.45, 7) is 0. The Morgan fingerprint density at radius 1 is 1.50 bits per heavy atom. The van der Waals surface area contributed by atoms with Crippen LogP contribution in [-0.4, -0.2) is 15.0 Å². The van der Waals surface area contributed by atoms with Crippen molar-refractivity contribution in [3.05, 3.63) is 43.7 Å². The number of rotatable bonds is 2. The highest BCUT2D eigenvalue weighted by Crippen LogP contribution is 2.25. The first kappa shape index (κ1) is 12.0. The van der Waals surface area contributed by atoms with Crippen molar-refractivity contribution in [3.8, 4) is 0 Å². The van der Waals surface area contributed by atoms with Crippen molar-refractivity contribution in [1.29, 1.82) is 0 Å². The SMILES string of the molecule is Cn1nnc(Br)c1C(N)c1cccc(I)c1. The number of halogens is 2. The molecule has 2 aromatic rings. The highest BCUT2D eigenvalue weighted by molar-refractivity contribution is 14.1. The zero-order chi connectivity index (χ0) is 11.7. The molecular weight excluding hydrogens is 383 g/mol. The molecule has 1 unspecified atom stereocenters. The molecule has 0 bridgehead atoms. The molecule has 0 fully saturated rings. The second-order valence-corrected chi connectivity index (χ2v) is 5.42. The second kappa shape index (κ2) is 4.80. The number of nitrogens with zero attached hydrogens (tertiary/aromatic N) is 3. The summed E-state index contributed by atoms with van der Waals surface area (Å²) in [5, 5.41) is 7.86. The van der Waals surface area contributed by atoms with Gasteiger partial charge in [0.05, 0.1) is 11.7 Å². The van der Waals surface area contributed by atoms with Gasteiger partial charge in [0.1, 0.15) is 0 Å². The van der Waals surface area contributed by atoms with Gasteiger partial charge in [0.2, 0.25) is 0 Å². The van der Waals surface area contributed by atoms with Crippen LogP contribution < -0.4 is 5.73 Å². The molecule has 84 valence electrons. The minimum atomic E-state index is -0.218. The molecule has 0 aliphatic rings. The summed E-state index contributed by atoms with van der Waals surface area (Å²) in [6, 6.07) is 7.88. The first-order valence-electron chi connectivity index (χ1n) is 4.65. The Morgan fingerprint density at radius 3 is 2.81 bits per heavy atom. The van der Waals surface area contributed by atoms with Gasteiger partial charge >= 0.3 is 0 Å². The van der Waals surface area contributed by atoms with E-state index in [9.17, 15) is 0 Å². The maximum Gasteiger partial charge on any atom is 0.153 e.